The van der Waals surface area contributed by atoms with E-state index >= 15 is 0 Å². The molecule has 32 heavy (non-hydrogen) atoms. The van der Waals surface area contributed by atoms with Crippen molar-refractivity contribution < 1.29 is 4.79 Å². The zero-order valence-corrected chi connectivity index (χ0v) is 20.4. The number of hydrogen-bond acceptors (Lipinski definition) is 5. The minimum Gasteiger partial charge on any atom is -0.378 e. The topological polar surface area (TPSA) is 61.4 Å². The highest BCUT2D eigenvalue weighted by atomic mass is 16.2. The summed E-state index contributed by atoms with van der Waals surface area (Å²) in [7, 11) is 4.11. The van der Waals surface area contributed by atoms with Crippen LogP contribution < -0.4 is 10.2 Å². The summed E-state index contributed by atoms with van der Waals surface area (Å²) < 4.78 is 0. The molecule has 2 bridgehead atoms. The van der Waals surface area contributed by atoms with E-state index in [1.165, 1.54) is 12.1 Å². The average molecular weight is 436 g/mol. The van der Waals surface area contributed by atoms with E-state index in [4.69, 9.17) is 9.97 Å². The number of fused-ring (bicyclic) bond motifs is 3. The smallest absolute Gasteiger partial charge is 0.225 e. The van der Waals surface area contributed by atoms with Crippen molar-refractivity contribution in [3.8, 4) is 11.3 Å². The molecule has 4 heterocycles. The minimum atomic E-state index is -0.342. The quantitative estimate of drug-likeness (QED) is 0.773. The lowest BCUT2D eigenvalue weighted by molar-refractivity contribution is -0.129. The molecule has 0 spiro atoms. The van der Waals surface area contributed by atoms with Gasteiger partial charge in [-0.3, -0.25) is 9.69 Å². The Morgan fingerprint density at radius 3 is 2.50 bits per heavy atom. The number of amides is 1. The van der Waals surface area contributed by atoms with Gasteiger partial charge in [0, 0.05) is 61.5 Å². The van der Waals surface area contributed by atoms with Gasteiger partial charge >= 0.3 is 0 Å². The van der Waals surface area contributed by atoms with Gasteiger partial charge in [0.05, 0.1) is 5.69 Å². The van der Waals surface area contributed by atoms with Crippen LogP contribution in [0.15, 0.2) is 30.3 Å². The van der Waals surface area contributed by atoms with Crippen LogP contribution in [0.5, 0.6) is 0 Å². The predicted octanol–water partition coefficient (Wildman–Crippen LogP) is 3.86. The van der Waals surface area contributed by atoms with Crippen molar-refractivity contribution in [2.45, 2.75) is 52.5 Å². The van der Waals surface area contributed by atoms with Crippen molar-refractivity contribution in [2.24, 2.45) is 11.3 Å². The molecule has 1 unspecified atom stereocenters. The number of carbonyl (C=O) groups is 1. The normalized spacial score (nSPS) is 24.9. The third kappa shape index (κ3) is 4.80. The number of nitrogens with zero attached hydrogens (tertiary/aromatic N) is 4. The first kappa shape index (κ1) is 22.7. The molecule has 1 aromatic carbocycles. The van der Waals surface area contributed by atoms with E-state index in [0.717, 1.165) is 48.8 Å². The average Bonchev–Trinajstić information content (AvgIpc) is 2.76. The number of piperidine rings is 3. The molecular weight excluding hydrogens is 398 g/mol. The van der Waals surface area contributed by atoms with Gasteiger partial charge < -0.3 is 10.2 Å². The van der Waals surface area contributed by atoms with Crippen LogP contribution in [-0.4, -0.2) is 60.5 Å². The summed E-state index contributed by atoms with van der Waals surface area (Å²) in [5.41, 5.74) is 4.14. The maximum atomic E-state index is 12.3. The number of nitrogens with one attached hydrogen (secondary N) is 1. The number of carbonyl (C=O) groups excluding carboxylic acids is 1. The zero-order chi connectivity index (χ0) is 23.0. The Hall–Kier alpha value is -2.47. The largest absolute Gasteiger partial charge is 0.378 e. The summed E-state index contributed by atoms with van der Waals surface area (Å²) in [6, 6.07) is 11.2. The molecule has 3 aliphatic heterocycles. The van der Waals surface area contributed by atoms with Gasteiger partial charge in [-0.05, 0) is 50.4 Å². The summed E-state index contributed by atoms with van der Waals surface area (Å²) >= 11 is 0. The monoisotopic (exact) mass is 435 g/mol. The fourth-order valence-electron chi connectivity index (χ4n) is 5.02. The number of aryl methyl sites for hydroxylation is 1. The van der Waals surface area contributed by atoms with Gasteiger partial charge in [-0.1, -0.05) is 32.9 Å². The van der Waals surface area contributed by atoms with Gasteiger partial charge in [-0.15, -0.1) is 0 Å². The Bertz CT molecular complexity index is 963. The number of benzene rings is 1. The number of aromatic nitrogens is 2. The SMILES string of the molecule is Cc1nc(-c2ccc(N(C)C)cc2)cc([C@H]2CN3CC[C@H]2C[C@@H]3CNC(=O)C(C)(C)C)n1. The molecule has 172 valence electrons. The second-order valence-corrected chi connectivity index (χ2v) is 10.7. The highest BCUT2D eigenvalue weighted by molar-refractivity contribution is 5.81. The molecule has 0 saturated carbocycles. The minimum absolute atomic E-state index is 0.132. The lowest BCUT2D eigenvalue weighted by atomic mass is 9.74. The van der Waals surface area contributed by atoms with Gasteiger partial charge in [0.15, 0.2) is 0 Å². The van der Waals surface area contributed by atoms with E-state index in [2.05, 4.69) is 59.5 Å². The van der Waals surface area contributed by atoms with Crippen LogP contribution in [0.2, 0.25) is 0 Å². The lowest BCUT2D eigenvalue weighted by Gasteiger charge is -2.50. The summed E-state index contributed by atoms with van der Waals surface area (Å²) in [5.74, 6) is 2.00. The second-order valence-electron chi connectivity index (χ2n) is 10.7. The second kappa shape index (κ2) is 8.81. The standard InChI is InChI=1S/C26H37N5O/c1-17-28-23(18-7-9-20(10-8-18)30(5)6)14-24(29-17)22-16-31-12-11-19(22)13-21(31)15-27-25(32)26(2,3)4/h7-10,14,19,21-22H,11-13,15-16H2,1-6H3,(H,27,32)/t19-,21+,22-/m0/s1. The van der Waals surface area contributed by atoms with Gasteiger partial charge in [0.25, 0.3) is 0 Å². The molecule has 1 amide bonds. The highest BCUT2D eigenvalue weighted by Crippen LogP contribution is 2.41. The van der Waals surface area contributed by atoms with Crippen LogP contribution in [0.4, 0.5) is 5.69 Å². The molecular formula is C26H37N5O. The molecule has 4 atom stereocenters. The van der Waals surface area contributed by atoms with Crippen molar-refractivity contribution in [1.82, 2.24) is 20.2 Å². The molecule has 3 saturated heterocycles. The maximum absolute atomic E-state index is 12.3. The summed E-state index contributed by atoms with van der Waals surface area (Å²) in [4.78, 5) is 26.6. The first-order chi connectivity index (χ1) is 15.1. The van der Waals surface area contributed by atoms with Crippen molar-refractivity contribution in [2.75, 3.05) is 38.6 Å². The summed E-state index contributed by atoms with van der Waals surface area (Å²) in [6.45, 7) is 10.8. The summed E-state index contributed by atoms with van der Waals surface area (Å²) in [5, 5.41) is 3.17. The first-order valence-corrected chi connectivity index (χ1v) is 11.8. The van der Waals surface area contributed by atoms with Gasteiger partial charge in [-0.2, -0.15) is 0 Å². The van der Waals surface area contributed by atoms with E-state index in [0.29, 0.717) is 17.9 Å². The third-order valence-corrected chi connectivity index (χ3v) is 6.98. The fraction of sp³-hybridized carbons (Fsp3) is 0.577. The van der Waals surface area contributed by atoms with Crippen LogP contribution in [0.1, 0.15) is 51.0 Å². The number of anilines is 1. The number of hydrogen-bond donors (Lipinski definition) is 1. The number of rotatable bonds is 5. The summed E-state index contributed by atoms with van der Waals surface area (Å²) in [6.07, 6.45) is 2.31. The predicted molar refractivity (Wildman–Crippen MR) is 130 cm³/mol. The van der Waals surface area contributed by atoms with E-state index in [-0.39, 0.29) is 11.3 Å². The Morgan fingerprint density at radius 2 is 1.91 bits per heavy atom. The Labute approximate surface area is 192 Å². The fourth-order valence-corrected chi connectivity index (χ4v) is 5.02. The third-order valence-electron chi connectivity index (χ3n) is 6.98. The molecule has 1 aromatic heterocycles. The van der Waals surface area contributed by atoms with Gasteiger partial charge in [0.1, 0.15) is 5.82 Å². The van der Waals surface area contributed by atoms with E-state index in [1.54, 1.807) is 0 Å². The van der Waals surface area contributed by atoms with E-state index in [1.807, 2.05) is 27.7 Å². The van der Waals surface area contributed by atoms with Gasteiger partial charge in [-0.25, -0.2) is 9.97 Å². The Balaban J connectivity index is 1.49. The Morgan fingerprint density at radius 1 is 1.19 bits per heavy atom. The molecule has 0 aliphatic carbocycles. The van der Waals surface area contributed by atoms with E-state index in [9.17, 15) is 4.79 Å². The molecule has 2 aromatic rings. The zero-order valence-electron chi connectivity index (χ0n) is 20.4. The van der Waals surface area contributed by atoms with Gasteiger partial charge in [0.2, 0.25) is 5.91 Å². The van der Waals surface area contributed by atoms with Crippen LogP contribution in [0.25, 0.3) is 11.3 Å². The maximum Gasteiger partial charge on any atom is 0.225 e. The van der Waals surface area contributed by atoms with Crippen LogP contribution in [-0.2, 0) is 4.79 Å². The van der Waals surface area contributed by atoms with Crippen LogP contribution in [0, 0.1) is 18.3 Å². The van der Waals surface area contributed by atoms with Crippen LogP contribution in [0.3, 0.4) is 0 Å². The van der Waals surface area contributed by atoms with Crippen molar-refractivity contribution in [3.63, 3.8) is 0 Å². The molecule has 1 N–H and O–H groups in total. The molecule has 0 radical (unpaired) electrons. The first-order valence-electron chi connectivity index (χ1n) is 11.8. The van der Waals surface area contributed by atoms with Crippen molar-refractivity contribution >= 4 is 11.6 Å². The molecule has 6 heteroatoms. The van der Waals surface area contributed by atoms with E-state index < -0.39 is 0 Å². The molecule has 3 fully saturated rings. The molecule has 3 aliphatic rings. The molecule has 5 rings (SSSR count). The Kier molecular flexibility index (Phi) is 6.26. The lowest BCUT2D eigenvalue weighted by Crippen LogP contribution is -2.56. The molecule has 6 nitrogen and oxygen atoms in total. The highest BCUT2D eigenvalue weighted by Gasteiger charge is 2.41. The van der Waals surface area contributed by atoms with Crippen molar-refractivity contribution in [3.05, 3.63) is 41.9 Å². The van der Waals surface area contributed by atoms with Crippen molar-refractivity contribution in [1.29, 1.82) is 0 Å². The van der Waals surface area contributed by atoms with Crippen LogP contribution >= 0.6 is 0 Å².